The zero-order valence-electron chi connectivity index (χ0n) is 10.9. The highest BCUT2D eigenvalue weighted by Gasteiger charge is 2.25. The zero-order chi connectivity index (χ0) is 12.7. The number of carbonyl (C=O) groups is 2. The minimum Gasteiger partial charge on any atom is -0.466 e. The van der Waals surface area contributed by atoms with Crippen molar-refractivity contribution in [1.29, 1.82) is 0 Å². The number of esters is 1. The first-order valence-corrected chi connectivity index (χ1v) is 6.64. The molecule has 0 N–H and O–H groups in total. The third-order valence-corrected chi connectivity index (χ3v) is 3.27. The summed E-state index contributed by atoms with van der Waals surface area (Å²) in [4.78, 5) is 25.1. The van der Waals surface area contributed by atoms with Crippen molar-refractivity contribution in [3.63, 3.8) is 0 Å². The second kappa shape index (κ2) is 7.30. The number of rotatable bonds is 5. The standard InChI is InChI=1S/C13H23NO3/c1-3-11-7-5-6-10-14(11)12(15)8-9-13(16)17-4-2/h11H,3-10H2,1-2H3/t11-/m1/s1. The van der Waals surface area contributed by atoms with Gasteiger partial charge in [0, 0.05) is 19.0 Å². The molecule has 0 spiro atoms. The van der Waals surface area contributed by atoms with Gasteiger partial charge in [0.2, 0.25) is 5.91 Å². The van der Waals surface area contributed by atoms with E-state index in [1.165, 1.54) is 6.42 Å². The van der Waals surface area contributed by atoms with E-state index in [2.05, 4.69) is 6.92 Å². The number of carbonyl (C=O) groups excluding carboxylic acids is 2. The number of nitrogens with zero attached hydrogens (tertiary/aromatic N) is 1. The molecule has 0 radical (unpaired) electrons. The van der Waals surface area contributed by atoms with Crippen molar-refractivity contribution in [2.75, 3.05) is 13.2 Å². The van der Waals surface area contributed by atoms with Crippen LogP contribution < -0.4 is 0 Å². The lowest BCUT2D eigenvalue weighted by Gasteiger charge is -2.35. The molecule has 4 heteroatoms. The highest BCUT2D eigenvalue weighted by Crippen LogP contribution is 2.20. The van der Waals surface area contributed by atoms with Crippen LogP contribution in [0.3, 0.4) is 0 Å². The molecule has 4 nitrogen and oxygen atoms in total. The van der Waals surface area contributed by atoms with Gasteiger partial charge >= 0.3 is 5.97 Å². The summed E-state index contributed by atoms with van der Waals surface area (Å²) in [6, 6.07) is 0.374. The Labute approximate surface area is 103 Å². The molecular formula is C13H23NO3. The molecule has 1 saturated heterocycles. The molecule has 98 valence electrons. The fraction of sp³-hybridized carbons (Fsp3) is 0.846. The van der Waals surface area contributed by atoms with Gasteiger partial charge in [-0.2, -0.15) is 0 Å². The Balaban J connectivity index is 2.37. The Kier molecular flexibility index (Phi) is 6.01. The fourth-order valence-electron chi connectivity index (χ4n) is 2.34. The number of likely N-dealkylation sites (tertiary alicyclic amines) is 1. The lowest BCUT2D eigenvalue weighted by atomic mass is 9.99. The average molecular weight is 241 g/mol. The molecule has 1 heterocycles. The summed E-state index contributed by atoms with van der Waals surface area (Å²) >= 11 is 0. The van der Waals surface area contributed by atoms with E-state index in [1.807, 2.05) is 4.90 Å². The maximum Gasteiger partial charge on any atom is 0.306 e. The summed E-state index contributed by atoms with van der Waals surface area (Å²) in [5.41, 5.74) is 0. The molecule has 0 aromatic heterocycles. The molecule has 1 rings (SSSR count). The van der Waals surface area contributed by atoms with Crippen LogP contribution in [-0.2, 0) is 14.3 Å². The van der Waals surface area contributed by atoms with E-state index < -0.39 is 0 Å². The molecule has 0 aliphatic carbocycles. The van der Waals surface area contributed by atoms with Crippen LogP contribution in [0.2, 0.25) is 0 Å². The van der Waals surface area contributed by atoms with Gasteiger partial charge < -0.3 is 9.64 Å². The van der Waals surface area contributed by atoms with Gasteiger partial charge in [0.1, 0.15) is 0 Å². The normalized spacial score (nSPS) is 20.1. The second-order valence-electron chi connectivity index (χ2n) is 4.45. The predicted octanol–water partition coefficient (Wildman–Crippen LogP) is 2.12. The number of hydrogen-bond acceptors (Lipinski definition) is 3. The number of amides is 1. The molecule has 1 amide bonds. The third kappa shape index (κ3) is 4.36. The molecule has 1 fully saturated rings. The van der Waals surface area contributed by atoms with Crippen LogP contribution in [0.25, 0.3) is 0 Å². The molecule has 1 atom stereocenters. The van der Waals surface area contributed by atoms with Crippen LogP contribution in [-0.4, -0.2) is 36.0 Å². The molecular weight excluding hydrogens is 218 g/mol. The summed E-state index contributed by atoms with van der Waals surface area (Å²) in [6.45, 7) is 5.12. The number of hydrogen-bond donors (Lipinski definition) is 0. The molecule has 17 heavy (non-hydrogen) atoms. The van der Waals surface area contributed by atoms with E-state index in [0.717, 1.165) is 25.8 Å². The summed E-state index contributed by atoms with van der Waals surface area (Å²) in [5, 5.41) is 0. The van der Waals surface area contributed by atoms with E-state index in [1.54, 1.807) is 6.92 Å². The van der Waals surface area contributed by atoms with Crippen molar-refractivity contribution in [3.05, 3.63) is 0 Å². The Hall–Kier alpha value is -1.06. The lowest BCUT2D eigenvalue weighted by Crippen LogP contribution is -2.43. The summed E-state index contributed by atoms with van der Waals surface area (Å²) in [6.07, 6.45) is 4.89. The molecule has 0 aromatic carbocycles. The van der Waals surface area contributed by atoms with Crippen molar-refractivity contribution in [3.8, 4) is 0 Å². The van der Waals surface area contributed by atoms with Gasteiger partial charge in [0.15, 0.2) is 0 Å². The smallest absolute Gasteiger partial charge is 0.306 e. The first-order valence-electron chi connectivity index (χ1n) is 6.64. The first kappa shape index (κ1) is 14.0. The minimum absolute atomic E-state index is 0.101. The highest BCUT2D eigenvalue weighted by molar-refractivity contribution is 5.81. The van der Waals surface area contributed by atoms with Crippen molar-refractivity contribution >= 4 is 11.9 Å². The molecule has 0 unspecified atom stereocenters. The van der Waals surface area contributed by atoms with E-state index in [-0.39, 0.29) is 24.7 Å². The molecule has 1 aliphatic rings. The van der Waals surface area contributed by atoms with E-state index >= 15 is 0 Å². The second-order valence-corrected chi connectivity index (χ2v) is 4.45. The van der Waals surface area contributed by atoms with Crippen LogP contribution in [0.1, 0.15) is 52.4 Å². The van der Waals surface area contributed by atoms with E-state index in [0.29, 0.717) is 12.6 Å². The third-order valence-electron chi connectivity index (χ3n) is 3.27. The molecule has 0 saturated carbocycles. The van der Waals surface area contributed by atoms with E-state index in [9.17, 15) is 9.59 Å². The molecule has 1 aliphatic heterocycles. The SMILES string of the molecule is CCOC(=O)CCC(=O)N1CCCC[C@H]1CC. The largest absolute Gasteiger partial charge is 0.466 e. The Morgan fingerprint density at radius 3 is 2.65 bits per heavy atom. The zero-order valence-corrected chi connectivity index (χ0v) is 10.9. The van der Waals surface area contributed by atoms with Crippen LogP contribution in [0, 0.1) is 0 Å². The lowest BCUT2D eigenvalue weighted by molar-refractivity contribution is -0.146. The van der Waals surface area contributed by atoms with Gasteiger partial charge in [-0.15, -0.1) is 0 Å². The fourth-order valence-corrected chi connectivity index (χ4v) is 2.34. The summed E-state index contributed by atoms with van der Waals surface area (Å²) in [5.74, 6) is -0.171. The predicted molar refractivity (Wildman–Crippen MR) is 65.5 cm³/mol. The van der Waals surface area contributed by atoms with Crippen LogP contribution in [0.4, 0.5) is 0 Å². The van der Waals surface area contributed by atoms with Crippen molar-refractivity contribution in [2.24, 2.45) is 0 Å². The Morgan fingerprint density at radius 1 is 1.24 bits per heavy atom. The van der Waals surface area contributed by atoms with Crippen LogP contribution >= 0.6 is 0 Å². The summed E-state index contributed by atoms with van der Waals surface area (Å²) < 4.78 is 4.82. The van der Waals surface area contributed by atoms with E-state index in [4.69, 9.17) is 4.74 Å². The summed E-state index contributed by atoms with van der Waals surface area (Å²) in [7, 11) is 0. The van der Waals surface area contributed by atoms with Gasteiger partial charge in [-0.3, -0.25) is 9.59 Å². The Bertz CT molecular complexity index is 265. The number of piperidine rings is 1. The first-order chi connectivity index (χ1) is 8.19. The van der Waals surface area contributed by atoms with Gasteiger partial charge in [-0.1, -0.05) is 6.92 Å². The Morgan fingerprint density at radius 2 is 2.00 bits per heavy atom. The van der Waals surface area contributed by atoms with Crippen molar-refractivity contribution in [2.45, 2.75) is 58.4 Å². The monoisotopic (exact) mass is 241 g/mol. The van der Waals surface area contributed by atoms with Crippen LogP contribution in [0.5, 0.6) is 0 Å². The van der Waals surface area contributed by atoms with Gasteiger partial charge in [0.25, 0.3) is 0 Å². The number of ether oxygens (including phenoxy) is 1. The van der Waals surface area contributed by atoms with Gasteiger partial charge in [0.05, 0.1) is 13.0 Å². The minimum atomic E-state index is -0.272. The topological polar surface area (TPSA) is 46.6 Å². The maximum atomic E-state index is 12.0. The maximum absolute atomic E-state index is 12.0. The van der Waals surface area contributed by atoms with Crippen molar-refractivity contribution in [1.82, 2.24) is 4.90 Å². The van der Waals surface area contributed by atoms with Gasteiger partial charge in [-0.25, -0.2) is 0 Å². The molecule has 0 aromatic rings. The van der Waals surface area contributed by atoms with Crippen molar-refractivity contribution < 1.29 is 14.3 Å². The highest BCUT2D eigenvalue weighted by atomic mass is 16.5. The quantitative estimate of drug-likeness (QED) is 0.693. The molecule has 0 bridgehead atoms. The van der Waals surface area contributed by atoms with Gasteiger partial charge in [-0.05, 0) is 32.6 Å². The average Bonchev–Trinajstić information content (AvgIpc) is 2.36. The van der Waals surface area contributed by atoms with Crippen LogP contribution in [0.15, 0.2) is 0 Å².